The van der Waals surface area contributed by atoms with Crippen LogP contribution in [0.5, 0.6) is 0 Å². The molecule has 0 radical (unpaired) electrons. The first kappa shape index (κ1) is 70.2. The van der Waals surface area contributed by atoms with Gasteiger partial charge in [-0.25, -0.2) is 0 Å². The van der Waals surface area contributed by atoms with Crippen LogP contribution in [0.4, 0.5) is 51.2 Å². The zero-order valence-corrected chi connectivity index (χ0v) is 66.6. The van der Waals surface area contributed by atoms with Gasteiger partial charge in [-0.15, -0.1) is 0 Å². The maximum atomic E-state index is 2.72. The number of fused-ring (bicyclic) bond motifs is 10. The second-order valence-electron chi connectivity index (χ2n) is 38.6. The summed E-state index contributed by atoms with van der Waals surface area (Å²) >= 11 is 0. The van der Waals surface area contributed by atoms with E-state index in [1.54, 1.807) is 0 Å². The average molecular weight is 1370 g/mol. The van der Waals surface area contributed by atoms with Gasteiger partial charge in [0.2, 0.25) is 0 Å². The van der Waals surface area contributed by atoms with E-state index in [4.69, 9.17) is 0 Å². The van der Waals surface area contributed by atoms with Crippen molar-refractivity contribution in [2.45, 2.75) is 209 Å². The predicted octanol–water partition coefficient (Wildman–Crippen LogP) is 25.8. The van der Waals surface area contributed by atoms with Crippen molar-refractivity contribution in [2.24, 2.45) is 0 Å². The Morgan fingerprint density at radius 3 is 0.731 bits per heavy atom. The van der Waals surface area contributed by atoms with E-state index in [0.29, 0.717) is 0 Å². The Morgan fingerprint density at radius 1 is 0.231 bits per heavy atom. The van der Waals surface area contributed by atoms with E-state index < -0.39 is 0 Å². The molecule has 2 aliphatic rings. The van der Waals surface area contributed by atoms with Crippen LogP contribution in [0.3, 0.4) is 0 Å². The molecule has 528 valence electrons. The molecule has 0 unspecified atom stereocenters. The Bertz CT molecular complexity index is 5040. The van der Waals surface area contributed by atoms with E-state index in [9.17, 15) is 0 Å². The fourth-order valence-electron chi connectivity index (χ4n) is 16.2. The monoisotopic (exact) mass is 1370 g/mol. The third-order valence-electron chi connectivity index (χ3n) is 22.6. The second kappa shape index (κ2) is 24.0. The van der Waals surface area contributed by atoms with Gasteiger partial charge in [0.05, 0.1) is 27.8 Å². The highest BCUT2D eigenvalue weighted by molar-refractivity contribution is 7.00. The number of para-hydroxylation sites is 4. The second-order valence-corrected chi connectivity index (χ2v) is 38.6. The molecule has 4 heterocycles. The topological polar surface area (TPSA) is 19.6 Å². The molecule has 13 aromatic rings. The van der Waals surface area contributed by atoms with Crippen LogP contribution in [-0.4, -0.2) is 15.8 Å². The van der Waals surface area contributed by atoms with Crippen LogP contribution in [0.1, 0.15) is 211 Å². The molecule has 2 aromatic heterocycles. The lowest BCUT2D eigenvalue weighted by atomic mass is 9.33. The quantitative estimate of drug-likeness (QED) is 0.148. The highest BCUT2D eigenvalue weighted by atomic mass is 15.2. The SMILES string of the molecule is CC(C)(C)c1cc(N(c2cc(C(C)(C)C)cc(C(C)(C)C)c2)c2cc3c4c(c2)N(c2cc(C(C)(C)C)cc(C(C)(C)C)c2)c2cc(-n5c6ccccc6c6ccccc65)ccc2B4c2ccc(-n4c5ccccc5c5ccccc54)cc2N3c2cc(C(C)(C)C)cc(C(C)(C)C)c2)cc(C(C)(C)C)c1. The molecule has 0 bridgehead atoms. The summed E-state index contributed by atoms with van der Waals surface area (Å²) in [6, 6.07) is 86.2. The minimum Gasteiger partial charge on any atom is -0.311 e. The molecule has 15 rings (SSSR count). The summed E-state index contributed by atoms with van der Waals surface area (Å²) in [5.41, 5.74) is 30.0. The molecule has 6 heteroatoms. The molecule has 5 nitrogen and oxygen atoms in total. The molecule has 0 atom stereocenters. The molecule has 0 fully saturated rings. The van der Waals surface area contributed by atoms with Crippen LogP contribution in [0.15, 0.2) is 218 Å². The number of hydrogen-bond acceptors (Lipinski definition) is 3. The number of benzene rings is 11. The molecular formula is C98H108BN5. The Balaban J connectivity index is 1.17. The molecule has 0 amide bonds. The van der Waals surface area contributed by atoms with Crippen molar-refractivity contribution in [3.63, 3.8) is 0 Å². The van der Waals surface area contributed by atoms with Crippen molar-refractivity contribution in [1.29, 1.82) is 0 Å². The van der Waals surface area contributed by atoms with Gasteiger partial charge >= 0.3 is 0 Å². The Labute approximate surface area is 621 Å². The molecule has 0 saturated carbocycles. The van der Waals surface area contributed by atoms with Gasteiger partial charge in [-0.3, -0.25) is 0 Å². The molecular weight excluding hydrogens is 1260 g/mol. The zero-order valence-electron chi connectivity index (χ0n) is 66.6. The Kier molecular flexibility index (Phi) is 16.2. The molecule has 0 spiro atoms. The number of nitrogens with zero attached hydrogens (tertiary/aromatic N) is 5. The van der Waals surface area contributed by atoms with E-state index in [1.807, 2.05) is 0 Å². The predicted molar refractivity (Wildman–Crippen MR) is 453 cm³/mol. The molecule has 0 saturated heterocycles. The first-order valence-electron chi connectivity index (χ1n) is 38.1. The Morgan fingerprint density at radius 2 is 0.471 bits per heavy atom. The lowest BCUT2D eigenvalue weighted by Crippen LogP contribution is -2.61. The van der Waals surface area contributed by atoms with Crippen LogP contribution in [0.25, 0.3) is 55.0 Å². The summed E-state index contributed by atoms with van der Waals surface area (Å²) in [5.74, 6) is 0. The van der Waals surface area contributed by atoms with Gasteiger partial charge in [-0.2, -0.15) is 0 Å². The molecule has 0 aliphatic carbocycles. The lowest BCUT2D eigenvalue weighted by molar-refractivity contribution is 0.567. The largest absolute Gasteiger partial charge is 0.311 e. The minimum atomic E-state index is -0.214. The maximum Gasteiger partial charge on any atom is 0.252 e. The van der Waals surface area contributed by atoms with Crippen molar-refractivity contribution in [3.05, 3.63) is 263 Å². The van der Waals surface area contributed by atoms with E-state index >= 15 is 0 Å². The minimum absolute atomic E-state index is 0.171. The van der Waals surface area contributed by atoms with Crippen molar-refractivity contribution in [1.82, 2.24) is 9.13 Å². The normalized spacial score (nSPS) is 13.9. The smallest absolute Gasteiger partial charge is 0.252 e. The third-order valence-corrected chi connectivity index (χ3v) is 22.6. The number of aromatic nitrogens is 2. The third kappa shape index (κ3) is 12.1. The summed E-state index contributed by atoms with van der Waals surface area (Å²) in [7, 11) is 0. The number of anilines is 9. The molecule has 11 aromatic carbocycles. The van der Waals surface area contributed by atoms with Crippen LogP contribution in [0.2, 0.25) is 0 Å². The fourth-order valence-corrected chi connectivity index (χ4v) is 16.2. The first-order chi connectivity index (χ1) is 48.6. The van der Waals surface area contributed by atoms with E-state index in [2.05, 4.69) is 408 Å². The van der Waals surface area contributed by atoms with Crippen LogP contribution in [-0.2, 0) is 43.3 Å². The summed E-state index contributed by atoms with van der Waals surface area (Å²) in [6.45, 7) is 56.9. The maximum absolute atomic E-state index is 2.72. The van der Waals surface area contributed by atoms with Gasteiger partial charge in [-0.1, -0.05) is 275 Å². The van der Waals surface area contributed by atoms with E-state index in [1.165, 1.54) is 105 Å². The highest BCUT2D eigenvalue weighted by Crippen LogP contribution is 2.53. The number of rotatable bonds is 7. The van der Waals surface area contributed by atoms with Crippen molar-refractivity contribution in [3.8, 4) is 11.4 Å². The van der Waals surface area contributed by atoms with Crippen LogP contribution < -0.4 is 31.1 Å². The standard InChI is InChI=1S/C98H108BN5/c1-91(2,3)61-45-62(92(4,5)6)50-71(49-61)100(72-51-63(93(7,8)9)46-64(52-72)94(10,11)12)75-59-88-90-89(60-75)104(74-55-67(97(19,20)21)48-68(56-74)98(22,23)24)87-58-70(102-84-39-31-27-35-78(84)79-36-28-32-40-85(79)102)42-44-81(87)99(90)80-43-41-69(101-82-37-29-25-33-76(82)77-34-26-30-38-83(77)101)57-86(80)103(88)73-53-65(95(13,14)15)47-66(54-73)96(16,17)18/h25-60H,1-24H3. The zero-order chi connectivity index (χ0) is 74.2. The van der Waals surface area contributed by atoms with Gasteiger partial charge < -0.3 is 23.8 Å². The van der Waals surface area contributed by atoms with Crippen molar-refractivity contribution >= 4 is 118 Å². The number of hydrogen-bond donors (Lipinski definition) is 0. The first-order valence-corrected chi connectivity index (χ1v) is 38.1. The van der Waals surface area contributed by atoms with E-state index in [0.717, 1.165) is 62.6 Å². The molecule has 104 heavy (non-hydrogen) atoms. The van der Waals surface area contributed by atoms with Crippen LogP contribution in [0, 0.1) is 0 Å². The summed E-state index contributed by atoms with van der Waals surface area (Å²) < 4.78 is 5.03. The van der Waals surface area contributed by atoms with Gasteiger partial charge in [-0.05, 0) is 213 Å². The van der Waals surface area contributed by atoms with Crippen molar-refractivity contribution < 1.29 is 0 Å². The average Bonchev–Trinajstić information content (AvgIpc) is 0.732. The summed E-state index contributed by atoms with van der Waals surface area (Å²) in [5, 5.41) is 4.97. The fraction of sp³-hybridized carbons (Fsp3) is 0.327. The molecule has 0 N–H and O–H groups in total. The summed E-state index contributed by atoms with van der Waals surface area (Å²) in [6.07, 6.45) is 0. The van der Waals surface area contributed by atoms with Crippen LogP contribution >= 0.6 is 0 Å². The lowest BCUT2D eigenvalue weighted by Gasteiger charge is -2.46. The van der Waals surface area contributed by atoms with Gasteiger partial charge in [0.15, 0.2) is 0 Å². The van der Waals surface area contributed by atoms with Gasteiger partial charge in [0, 0.05) is 78.4 Å². The van der Waals surface area contributed by atoms with Crippen molar-refractivity contribution in [2.75, 3.05) is 14.7 Å². The molecule has 2 aliphatic heterocycles. The van der Waals surface area contributed by atoms with Gasteiger partial charge in [0.1, 0.15) is 0 Å². The Hall–Kier alpha value is -9.52. The summed E-state index contributed by atoms with van der Waals surface area (Å²) in [4.78, 5) is 8.10. The highest BCUT2D eigenvalue weighted by Gasteiger charge is 2.46. The van der Waals surface area contributed by atoms with E-state index in [-0.39, 0.29) is 50.0 Å². The van der Waals surface area contributed by atoms with Gasteiger partial charge in [0.25, 0.3) is 6.71 Å².